The van der Waals surface area contributed by atoms with Crippen LogP contribution in [0.1, 0.15) is 31.0 Å². The summed E-state index contributed by atoms with van der Waals surface area (Å²) in [4.78, 5) is 15.7. The molecule has 4 nitrogen and oxygen atoms in total. The molecule has 28 heavy (non-hydrogen) atoms. The highest BCUT2D eigenvalue weighted by Gasteiger charge is 2.31. The number of piperazine rings is 1. The highest BCUT2D eigenvalue weighted by Crippen LogP contribution is 2.10. The van der Waals surface area contributed by atoms with Gasteiger partial charge in [-0.2, -0.15) is 0 Å². The van der Waals surface area contributed by atoms with Gasteiger partial charge >= 0.3 is 0 Å². The molecule has 0 unspecified atom stereocenters. The molecule has 4 heteroatoms. The van der Waals surface area contributed by atoms with Gasteiger partial charge in [-0.25, -0.2) is 0 Å². The lowest BCUT2D eigenvalue weighted by molar-refractivity contribution is -1.02. The molecule has 1 aliphatic heterocycles. The number of benzene rings is 2. The summed E-state index contributed by atoms with van der Waals surface area (Å²) in [6.07, 6.45) is 4.47. The first-order valence-corrected chi connectivity index (χ1v) is 10.4. The van der Waals surface area contributed by atoms with Crippen LogP contribution in [0.5, 0.6) is 0 Å². The van der Waals surface area contributed by atoms with Crippen molar-refractivity contribution in [2.75, 3.05) is 32.7 Å². The second-order valence-corrected chi connectivity index (χ2v) is 7.79. The lowest BCUT2D eigenvalue weighted by Crippen LogP contribution is -3.30. The van der Waals surface area contributed by atoms with Crippen LogP contribution >= 0.6 is 0 Å². The maximum Gasteiger partial charge on any atom is 0.278 e. The molecule has 0 bridgehead atoms. The quantitative estimate of drug-likeness (QED) is 0.653. The third-order valence-electron chi connectivity index (χ3n) is 5.78. The van der Waals surface area contributed by atoms with Crippen molar-refractivity contribution in [3.8, 4) is 0 Å². The van der Waals surface area contributed by atoms with Crippen molar-refractivity contribution in [2.45, 2.75) is 25.9 Å². The normalized spacial score (nSPS) is 21.9. The van der Waals surface area contributed by atoms with Crippen molar-refractivity contribution < 1.29 is 14.6 Å². The van der Waals surface area contributed by atoms with E-state index >= 15 is 0 Å². The first-order valence-electron chi connectivity index (χ1n) is 10.4. The molecule has 3 rings (SSSR count). The molecule has 0 aliphatic carbocycles. The molecule has 0 spiro atoms. The van der Waals surface area contributed by atoms with E-state index in [0.29, 0.717) is 0 Å². The molecule has 1 fully saturated rings. The summed E-state index contributed by atoms with van der Waals surface area (Å²) in [6.45, 7) is 9.47. The minimum atomic E-state index is -0.00688. The summed E-state index contributed by atoms with van der Waals surface area (Å²) in [7, 11) is 0. The van der Waals surface area contributed by atoms with Gasteiger partial charge in [0.05, 0.1) is 12.6 Å². The molecule has 1 saturated heterocycles. The van der Waals surface area contributed by atoms with Crippen LogP contribution in [0, 0.1) is 0 Å². The minimum Gasteiger partial charge on any atom is -0.344 e. The molecule has 0 saturated carbocycles. The fourth-order valence-corrected chi connectivity index (χ4v) is 3.84. The number of rotatable bonds is 7. The standard InChI is InChI=1S/C24H31N3O/c1-20(23-13-7-4-8-14-23)25-24(28)21(2)27-18-16-26(17-19-27)15-9-12-22-10-5-3-6-11-22/h3-14,20-21H,15-19H2,1-2H3,(H,25,28)/p+2/b12-9+/t20-,21+/m0/s1. The highest BCUT2D eigenvalue weighted by atomic mass is 16.2. The number of nitrogens with one attached hydrogen (secondary N) is 3. The molecule has 2 atom stereocenters. The number of hydrogen-bond donors (Lipinski definition) is 3. The van der Waals surface area contributed by atoms with E-state index in [0.717, 1.165) is 38.3 Å². The van der Waals surface area contributed by atoms with Gasteiger partial charge in [-0.1, -0.05) is 66.7 Å². The maximum atomic E-state index is 12.7. The number of carbonyl (C=O) groups is 1. The van der Waals surface area contributed by atoms with E-state index in [-0.39, 0.29) is 18.0 Å². The van der Waals surface area contributed by atoms with Crippen LogP contribution in [0.3, 0.4) is 0 Å². The summed E-state index contributed by atoms with van der Waals surface area (Å²) in [6, 6.07) is 20.6. The van der Waals surface area contributed by atoms with E-state index in [2.05, 4.69) is 67.7 Å². The number of amides is 1. The lowest BCUT2D eigenvalue weighted by atomic mass is 10.1. The van der Waals surface area contributed by atoms with Crippen molar-refractivity contribution in [3.63, 3.8) is 0 Å². The van der Waals surface area contributed by atoms with E-state index in [1.165, 1.54) is 10.5 Å². The third kappa shape index (κ3) is 5.78. The van der Waals surface area contributed by atoms with Crippen LogP contribution in [0.25, 0.3) is 6.08 Å². The molecule has 3 N–H and O–H groups in total. The Morgan fingerprint density at radius 3 is 2.21 bits per heavy atom. The largest absolute Gasteiger partial charge is 0.344 e. The molecule has 148 valence electrons. The number of quaternary nitrogens is 2. The van der Waals surface area contributed by atoms with Gasteiger partial charge in [-0.3, -0.25) is 4.79 Å². The van der Waals surface area contributed by atoms with Crippen LogP contribution in [0.2, 0.25) is 0 Å². The molecule has 2 aromatic rings. The van der Waals surface area contributed by atoms with E-state index in [1.807, 2.05) is 24.3 Å². The highest BCUT2D eigenvalue weighted by molar-refractivity contribution is 5.80. The summed E-state index contributed by atoms with van der Waals surface area (Å²) in [5, 5.41) is 3.18. The zero-order chi connectivity index (χ0) is 19.8. The maximum absolute atomic E-state index is 12.7. The monoisotopic (exact) mass is 379 g/mol. The molecular formula is C24H33N3O+2. The Bertz CT molecular complexity index is 752. The number of hydrogen-bond acceptors (Lipinski definition) is 1. The van der Waals surface area contributed by atoms with E-state index in [4.69, 9.17) is 0 Å². The summed E-state index contributed by atoms with van der Waals surface area (Å²) >= 11 is 0. The molecule has 1 heterocycles. The van der Waals surface area contributed by atoms with Gasteiger partial charge in [0.1, 0.15) is 26.2 Å². The zero-order valence-corrected chi connectivity index (χ0v) is 17.0. The van der Waals surface area contributed by atoms with Crippen molar-refractivity contribution in [1.82, 2.24) is 5.32 Å². The second kappa shape index (κ2) is 10.2. The van der Waals surface area contributed by atoms with Crippen molar-refractivity contribution in [2.24, 2.45) is 0 Å². The predicted octanol–water partition coefficient (Wildman–Crippen LogP) is 0.749. The van der Waals surface area contributed by atoms with E-state index in [1.54, 1.807) is 4.90 Å². The average Bonchev–Trinajstić information content (AvgIpc) is 2.75. The Balaban J connectivity index is 1.42. The molecule has 0 aromatic heterocycles. The van der Waals surface area contributed by atoms with Gasteiger partial charge in [0, 0.05) is 0 Å². The molecular weight excluding hydrogens is 346 g/mol. The molecule has 1 amide bonds. The Hall–Kier alpha value is -2.43. The second-order valence-electron chi connectivity index (χ2n) is 7.79. The summed E-state index contributed by atoms with van der Waals surface area (Å²) in [5.74, 6) is 0.152. The summed E-state index contributed by atoms with van der Waals surface area (Å²) < 4.78 is 0. The molecule has 2 aromatic carbocycles. The van der Waals surface area contributed by atoms with Gasteiger partial charge in [-0.05, 0) is 31.1 Å². The average molecular weight is 380 g/mol. The van der Waals surface area contributed by atoms with E-state index < -0.39 is 0 Å². The van der Waals surface area contributed by atoms with E-state index in [9.17, 15) is 4.79 Å². The molecule has 0 radical (unpaired) electrons. The summed E-state index contributed by atoms with van der Waals surface area (Å²) in [5.41, 5.74) is 2.40. The first-order chi connectivity index (χ1) is 13.6. The third-order valence-corrected chi connectivity index (χ3v) is 5.78. The zero-order valence-electron chi connectivity index (χ0n) is 17.0. The lowest BCUT2D eigenvalue weighted by Gasteiger charge is -2.32. The Labute approximate surface area is 168 Å². The van der Waals surface area contributed by atoms with Gasteiger partial charge in [0.2, 0.25) is 0 Å². The predicted molar refractivity (Wildman–Crippen MR) is 114 cm³/mol. The van der Waals surface area contributed by atoms with Gasteiger partial charge < -0.3 is 15.1 Å². The number of carbonyl (C=O) groups excluding carboxylic acids is 1. The van der Waals surface area contributed by atoms with Gasteiger partial charge in [0.15, 0.2) is 6.04 Å². The van der Waals surface area contributed by atoms with Crippen molar-refractivity contribution in [1.29, 1.82) is 0 Å². The molecule has 1 aliphatic rings. The van der Waals surface area contributed by atoms with Crippen LogP contribution < -0.4 is 15.1 Å². The smallest absolute Gasteiger partial charge is 0.278 e. The Kier molecular flexibility index (Phi) is 7.40. The van der Waals surface area contributed by atoms with Crippen LogP contribution in [-0.4, -0.2) is 44.7 Å². The van der Waals surface area contributed by atoms with Crippen molar-refractivity contribution in [3.05, 3.63) is 77.9 Å². The van der Waals surface area contributed by atoms with Crippen LogP contribution in [0.4, 0.5) is 0 Å². The van der Waals surface area contributed by atoms with Crippen LogP contribution in [0.15, 0.2) is 66.7 Å². The van der Waals surface area contributed by atoms with Crippen molar-refractivity contribution >= 4 is 12.0 Å². The Morgan fingerprint density at radius 2 is 1.57 bits per heavy atom. The fraction of sp³-hybridized carbons (Fsp3) is 0.375. The van der Waals surface area contributed by atoms with Gasteiger partial charge in [-0.15, -0.1) is 0 Å². The van der Waals surface area contributed by atoms with Crippen LogP contribution in [-0.2, 0) is 4.79 Å². The first kappa shape index (κ1) is 20.3. The SMILES string of the molecule is C[C@H](NC(=O)[C@@H](C)[NH+]1CC[NH+](C/C=C/c2ccccc2)CC1)c1ccccc1. The topological polar surface area (TPSA) is 38.0 Å². The minimum absolute atomic E-state index is 0.00688. The van der Waals surface area contributed by atoms with Gasteiger partial charge in [0.25, 0.3) is 5.91 Å². The Morgan fingerprint density at radius 1 is 0.964 bits per heavy atom. The fourth-order valence-electron chi connectivity index (χ4n) is 3.84.